The first kappa shape index (κ1) is 30.0. The minimum Gasteiger partial charge on any atom is -0.458 e. The smallest absolute Gasteiger partial charge is 0.331 e. The SMILES string of the molecule is C[C@@H]1O[C@H](O[C@@H]2CC[C@]3(C=O)[C@H]4CC[C@]5(C)[C@H](C6=CC(=O)OC6)CC[C@]5(O)[C@@H]4CC[C@]3(O)C2)C[C@H]2OC3(CCCCC3)O[C@H]12. The molecule has 3 heterocycles. The summed E-state index contributed by atoms with van der Waals surface area (Å²) >= 11 is 0. The van der Waals surface area contributed by atoms with Crippen molar-refractivity contribution in [3.05, 3.63) is 11.6 Å². The molecule has 44 heavy (non-hydrogen) atoms. The first-order valence-corrected chi connectivity index (χ1v) is 17.5. The molecule has 3 aliphatic heterocycles. The highest BCUT2D eigenvalue weighted by Gasteiger charge is 2.71. The fraction of sp³-hybridized carbons (Fsp3) is 0.886. The highest BCUT2D eigenvalue weighted by atomic mass is 16.8. The van der Waals surface area contributed by atoms with E-state index >= 15 is 0 Å². The first-order chi connectivity index (χ1) is 21.0. The van der Waals surface area contributed by atoms with Crippen molar-refractivity contribution in [1.82, 2.24) is 0 Å². The molecule has 8 aliphatic rings. The van der Waals surface area contributed by atoms with Crippen molar-refractivity contribution in [1.29, 1.82) is 0 Å². The van der Waals surface area contributed by atoms with Crippen molar-refractivity contribution in [3.8, 4) is 0 Å². The minimum atomic E-state index is -1.18. The number of hydrogen-bond donors (Lipinski definition) is 2. The molecule has 9 heteroatoms. The quantitative estimate of drug-likeness (QED) is 0.268. The van der Waals surface area contributed by atoms with Crippen LogP contribution in [0.25, 0.3) is 0 Å². The Morgan fingerprint density at radius 2 is 1.75 bits per heavy atom. The van der Waals surface area contributed by atoms with Crippen molar-refractivity contribution in [3.63, 3.8) is 0 Å². The first-order valence-electron chi connectivity index (χ1n) is 17.5. The lowest BCUT2D eigenvalue weighted by molar-refractivity contribution is -0.278. The molecule has 2 saturated heterocycles. The summed E-state index contributed by atoms with van der Waals surface area (Å²) in [5.74, 6) is -0.828. The van der Waals surface area contributed by atoms with Gasteiger partial charge in [0.05, 0.1) is 34.9 Å². The molecule has 0 aromatic heterocycles. The van der Waals surface area contributed by atoms with Crippen LogP contribution in [0.4, 0.5) is 0 Å². The Bertz CT molecular complexity index is 1210. The van der Waals surface area contributed by atoms with Crippen molar-refractivity contribution in [2.24, 2.45) is 28.6 Å². The average Bonchev–Trinajstić information content (AvgIpc) is 3.66. The van der Waals surface area contributed by atoms with Gasteiger partial charge in [0.25, 0.3) is 0 Å². The van der Waals surface area contributed by atoms with Crippen LogP contribution in [0.1, 0.15) is 110 Å². The van der Waals surface area contributed by atoms with Gasteiger partial charge in [-0.25, -0.2) is 4.79 Å². The number of aliphatic hydroxyl groups is 2. The summed E-state index contributed by atoms with van der Waals surface area (Å²) in [4.78, 5) is 25.1. The van der Waals surface area contributed by atoms with Crippen LogP contribution in [0.5, 0.6) is 0 Å². The minimum absolute atomic E-state index is 0.0600. The van der Waals surface area contributed by atoms with Gasteiger partial charge in [0, 0.05) is 37.2 Å². The maximum atomic E-state index is 13.2. The Hall–Kier alpha value is -1.36. The Morgan fingerprint density at radius 1 is 0.955 bits per heavy atom. The Morgan fingerprint density at radius 3 is 2.50 bits per heavy atom. The zero-order valence-corrected chi connectivity index (χ0v) is 26.3. The van der Waals surface area contributed by atoms with E-state index in [0.29, 0.717) is 51.6 Å². The van der Waals surface area contributed by atoms with Crippen molar-refractivity contribution < 1.29 is 43.5 Å². The van der Waals surface area contributed by atoms with Crippen LogP contribution >= 0.6 is 0 Å². The summed E-state index contributed by atoms with van der Waals surface area (Å²) in [5, 5.41) is 24.8. The van der Waals surface area contributed by atoms with E-state index in [0.717, 1.165) is 56.8 Å². The number of ether oxygens (including phenoxy) is 5. The molecule has 12 atom stereocenters. The molecule has 1 spiro atoms. The molecule has 0 aromatic carbocycles. The lowest BCUT2D eigenvalue weighted by atomic mass is 9.41. The van der Waals surface area contributed by atoms with Crippen LogP contribution in [-0.4, -0.2) is 76.8 Å². The number of fused-ring (bicyclic) bond motifs is 6. The average molecular weight is 615 g/mol. The zero-order chi connectivity index (χ0) is 30.5. The molecule has 244 valence electrons. The molecule has 0 aromatic rings. The van der Waals surface area contributed by atoms with Crippen LogP contribution in [0, 0.1) is 28.6 Å². The molecule has 0 bridgehead atoms. The van der Waals surface area contributed by atoms with E-state index in [1.165, 1.54) is 6.42 Å². The third-order valence-corrected chi connectivity index (χ3v) is 14.1. The van der Waals surface area contributed by atoms with Gasteiger partial charge in [-0.15, -0.1) is 0 Å². The van der Waals surface area contributed by atoms with E-state index in [1.807, 2.05) is 6.92 Å². The van der Waals surface area contributed by atoms with Gasteiger partial charge in [0.15, 0.2) is 12.1 Å². The highest BCUT2D eigenvalue weighted by Crippen LogP contribution is 2.70. The summed E-state index contributed by atoms with van der Waals surface area (Å²) < 4.78 is 31.2. The number of carbonyl (C=O) groups is 2. The summed E-state index contributed by atoms with van der Waals surface area (Å²) in [6.45, 7) is 4.52. The van der Waals surface area contributed by atoms with Gasteiger partial charge in [-0.05, 0) is 94.5 Å². The molecule has 5 saturated carbocycles. The molecule has 8 rings (SSSR count). The van der Waals surface area contributed by atoms with Gasteiger partial charge in [-0.2, -0.15) is 0 Å². The zero-order valence-electron chi connectivity index (χ0n) is 26.3. The number of cyclic esters (lactones) is 1. The predicted octanol–water partition coefficient (Wildman–Crippen LogP) is 4.50. The molecular formula is C35H50O9. The van der Waals surface area contributed by atoms with Crippen LogP contribution in [0.15, 0.2) is 11.6 Å². The van der Waals surface area contributed by atoms with E-state index < -0.39 is 28.7 Å². The van der Waals surface area contributed by atoms with Gasteiger partial charge < -0.3 is 38.7 Å². The van der Waals surface area contributed by atoms with E-state index in [-0.39, 0.29) is 53.6 Å². The highest BCUT2D eigenvalue weighted by molar-refractivity contribution is 5.85. The second kappa shape index (κ2) is 10.3. The normalized spacial score (nSPS) is 52.8. The van der Waals surface area contributed by atoms with E-state index in [2.05, 4.69) is 6.92 Å². The fourth-order valence-corrected chi connectivity index (χ4v) is 11.9. The van der Waals surface area contributed by atoms with E-state index in [1.54, 1.807) is 6.08 Å². The monoisotopic (exact) mass is 614 g/mol. The molecular weight excluding hydrogens is 564 g/mol. The molecule has 0 unspecified atom stereocenters. The van der Waals surface area contributed by atoms with Crippen molar-refractivity contribution in [2.75, 3.05) is 6.61 Å². The van der Waals surface area contributed by atoms with Crippen molar-refractivity contribution in [2.45, 2.75) is 158 Å². The number of carbonyl (C=O) groups excluding carboxylic acids is 2. The van der Waals surface area contributed by atoms with Crippen LogP contribution in [0.2, 0.25) is 0 Å². The maximum Gasteiger partial charge on any atom is 0.331 e. The number of hydrogen-bond acceptors (Lipinski definition) is 9. The van der Waals surface area contributed by atoms with Gasteiger partial charge >= 0.3 is 5.97 Å². The Balaban J connectivity index is 0.971. The summed E-state index contributed by atoms with van der Waals surface area (Å²) in [5.41, 5.74) is -2.42. The third-order valence-electron chi connectivity index (χ3n) is 14.1. The van der Waals surface area contributed by atoms with Gasteiger partial charge in [0.2, 0.25) is 0 Å². The van der Waals surface area contributed by atoms with Crippen LogP contribution in [-0.2, 0) is 33.3 Å². The van der Waals surface area contributed by atoms with Gasteiger partial charge in [-0.1, -0.05) is 13.3 Å². The molecule has 5 aliphatic carbocycles. The number of aldehydes is 1. The summed E-state index contributed by atoms with van der Waals surface area (Å²) in [6, 6.07) is 0. The van der Waals surface area contributed by atoms with Crippen LogP contribution in [0.3, 0.4) is 0 Å². The topological polar surface area (TPSA) is 121 Å². The van der Waals surface area contributed by atoms with Crippen molar-refractivity contribution >= 4 is 12.3 Å². The third kappa shape index (κ3) is 4.18. The fourth-order valence-electron chi connectivity index (χ4n) is 11.9. The standard InChI is InChI=1S/C35H50O9/c1-21-30-27(43-34(44-30)10-4-3-5-11-34)17-29(41-21)42-23-6-13-32(20-36)25-7-12-31(2)24(22-16-28(37)40-19-22)9-15-35(31,39)26(25)8-14-33(32,38)18-23/h16,20-21,23-27,29-30,38-39H,3-15,17-19H2,1-2H3/t21-,23+,24-,25-,26+,27+,29+,30+,31+,32-,33-,35-/m0/s1. The largest absolute Gasteiger partial charge is 0.458 e. The van der Waals surface area contributed by atoms with E-state index in [9.17, 15) is 19.8 Å². The summed E-state index contributed by atoms with van der Waals surface area (Å²) in [6.07, 6.45) is 13.4. The summed E-state index contributed by atoms with van der Waals surface area (Å²) in [7, 11) is 0. The Kier molecular flexibility index (Phi) is 7.04. The predicted molar refractivity (Wildman–Crippen MR) is 157 cm³/mol. The molecule has 7 fully saturated rings. The number of rotatable bonds is 4. The number of esters is 1. The lowest BCUT2D eigenvalue weighted by Gasteiger charge is -2.65. The molecule has 9 nitrogen and oxygen atoms in total. The maximum absolute atomic E-state index is 13.2. The second-order valence-electron chi connectivity index (χ2n) is 16.0. The molecule has 2 N–H and O–H groups in total. The molecule has 0 radical (unpaired) electrons. The molecule has 0 amide bonds. The van der Waals surface area contributed by atoms with Crippen LogP contribution < -0.4 is 0 Å². The lowest BCUT2D eigenvalue weighted by Crippen LogP contribution is -2.69. The Labute approximate surface area is 260 Å². The van der Waals surface area contributed by atoms with Gasteiger partial charge in [-0.3, -0.25) is 0 Å². The van der Waals surface area contributed by atoms with Gasteiger partial charge in [0.1, 0.15) is 19.0 Å². The van der Waals surface area contributed by atoms with E-state index in [4.69, 9.17) is 23.7 Å². The second-order valence-corrected chi connectivity index (χ2v) is 16.0.